The summed E-state index contributed by atoms with van der Waals surface area (Å²) in [4.78, 5) is 4.60. The first-order chi connectivity index (χ1) is 12.6. The summed E-state index contributed by atoms with van der Waals surface area (Å²) in [6, 6.07) is 8.95. The zero-order chi connectivity index (χ0) is 18.1. The van der Waals surface area contributed by atoms with Gasteiger partial charge in [-0.1, -0.05) is 12.1 Å². The van der Waals surface area contributed by atoms with Gasteiger partial charge in [0.15, 0.2) is 0 Å². The number of benzene rings is 1. The van der Waals surface area contributed by atoms with Crippen molar-refractivity contribution < 1.29 is 0 Å². The summed E-state index contributed by atoms with van der Waals surface area (Å²) in [5, 5.41) is 4.31. The SMILES string of the molecule is Cn1cc(N2CC(N)=CC=C2c2cccc(N3CCC[C@@H](N)C3)c2)cn1. The second-order valence-electron chi connectivity index (χ2n) is 7.15. The molecule has 6 heteroatoms. The molecule has 0 radical (unpaired) electrons. The number of hydrogen-bond acceptors (Lipinski definition) is 5. The summed E-state index contributed by atoms with van der Waals surface area (Å²) in [6.45, 7) is 2.65. The quantitative estimate of drug-likeness (QED) is 0.886. The number of anilines is 2. The Morgan fingerprint density at radius 3 is 2.85 bits per heavy atom. The van der Waals surface area contributed by atoms with E-state index in [4.69, 9.17) is 11.5 Å². The Morgan fingerprint density at radius 2 is 2.08 bits per heavy atom. The van der Waals surface area contributed by atoms with E-state index in [9.17, 15) is 0 Å². The Hall–Kier alpha value is -2.73. The molecule has 3 heterocycles. The van der Waals surface area contributed by atoms with Crippen LogP contribution in [0.4, 0.5) is 11.4 Å². The summed E-state index contributed by atoms with van der Waals surface area (Å²) in [6.07, 6.45) is 10.2. The van der Waals surface area contributed by atoms with Crippen molar-refractivity contribution in [2.45, 2.75) is 18.9 Å². The maximum atomic E-state index is 6.17. The average molecular weight is 350 g/mol. The van der Waals surface area contributed by atoms with E-state index in [1.165, 1.54) is 11.3 Å². The fourth-order valence-corrected chi connectivity index (χ4v) is 3.73. The van der Waals surface area contributed by atoms with Crippen molar-refractivity contribution >= 4 is 17.1 Å². The van der Waals surface area contributed by atoms with Gasteiger partial charge in [-0.3, -0.25) is 4.68 Å². The number of aromatic nitrogens is 2. The van der Waals surface area contributed by atoms with Crippen LogP contribution in [0.25, 0.3) is 5.70 Å². The van der Waals surface area contributed by atoms with Crippen LogP contribution in [-0.4, -0.2) is 35.5 Å². The Balaban J connectivity index is 1.67. The normalized spacial score (nSPS) is 20.8. The molecule has 26 heavy (non-hydrogen) atoms. The van der Waals surface area contributed by atoms with E-state index in [1.807, 2.05) is 30.2 Å². The van der Waals surface area contributed by atoms with Crippen LogP contribution < -0.4 is 21.3 Å². The molecule has 4 N–H and O–H groups in total. The van der Waals surface area contributed by atoms with E-state index in [-0.39, 0.29) is 6.04 Å². The molecule has 1 atom stereocenters. The molecule has 6 nitrogen and oxygen atoms in total. The third kappa shape index (κ3) is 3.32. The fourth-order valence-electron chi connectivity index (χ4n) is 3.73. The molecular weight excluding hydrogens is 324 g/mol. The van der Waals surface area contributed by atoms with Gasteiger partial charge in [0.25, 0.3) is 0 Å². The number of piperidine rings is 1. The highest BCUT2D eigenvalue weighted by atomic mass is 15.3. The molecule has 4 rings (SSSR count). The van der Waals surface area contributed by atoms with Crippen molar-refractivity contribution in [1.82, 2.24) is 9.78 Å². The first-order valence-corrected chi connectivity index (χ1v) is 9.13. The fraction of sp³-hybridized carbons (Fsp3) is 0.350. The van der Waals surface area contributed by atoms with Crippen LogP contribution >= 0.6 is 0 Å². The zero-order valence-corrected chi connectivity index (χ0v) is 15.2. The minimum absolute atomic E-state index is 0.260. The smallest absolute Gasteiger partial charge is 0.0800 e. The highest BCUT2D eigenvalue weighted by Crippen LogP contribution is 2.31. The van der Waals surface area contributed by atoms with Crippen molar-refractivity contribution in [1.29, 1.82) is 0 Å². The van der Waals surface area contributed by atoms with Gasteiger partial charge >= 0.3 is 0 Å². The first kappa shape index (κ1) is 16.7. The summed E-state index contributed by atoms with van der Waals surface area (Å²) in [7, 11) is 1.93. The number of aryl methyl sites for hydroxylation is 1. The molecule has 2 aliphatic heterocycles. The van der Waals surface area contributed by atoms with Crippen molar-refractivity contribution in [2.24, 2.45) is 18.5 Å². The molecule has 1 aromatic carbocycles. The molecule has 1 fully saturated rings. The van der Waals surface area contributed by atoms with Gasteiger partial charge < -0.3 is 21.3 Å². The second-order valence-corrected chi connectivity index (χ2v) is 7.15. The number of rotatable bonds is 3. The standard InChI is InChI=1S/C20H26N6/c1-24-14-19(11-23-24)26-13-17(22)7-8-20(26)15-4-2-6-18(10-15)25-9-3-5-16(21)12-25/h2,4,6-8,10-11,14,16H,3,5,9,12-13,21-22H2,1H3/t16-/m1/s1. The van der Waals surface area contributed by atoms with Gasteiger partial charge in [-0.25, -0.2) is 0 Å². The monoisotopic (exact) mass is 350 g/mol. The summed E-state index contributed by atoms with van der Waals surface area (Å²) in [5.74, 6) is 0. The van der Waals surface area contributed by atoms with Gasteiger partial charge in [-0.2, -0.15) is 5.10 Å². The molecule has 1 aromatic heterocycles. The number of nitrogens with zero attached hydrogens (tertiary/aromatic N) is 4. The average Bonchev–Trinajstić information content (AvgIpc) is 3.08. The molecule has 0 unspecified atom stereocenters. The van der Waals surface area contributed by atoms with Gasteiger partial charge in [-0.15, -0.1) is 0 Å². The van der Waals surface area contributed by atoms with Crippen LogP contribution in [0.5, 0.6) is 0 Å². The molecule has 0 spiro atoms. The van der Waals surface area contributed by atoms with Crippen LogP contribution in [0.3, 0.4) is 0 Å². The summed E-state index contributed by atoms with van der Waals surface area (Å²) < 4.78 is 1.81. The van der Waals surface area contributed by atoms with Crippen LogP contribution in [0.2, 0.25) is 0 Å². The van der Waals surface area contributed by atoms with Crippen LogP contribution in [0, 0.1) is 0 Å². The largest absolute Gasteiger partial charge is 0.401 e. The van der Waals surface area contributed by atoms with E-state index in [1.54, 1.807) is 0 Å². The Labute approximate surface area is 154 Å². The molecular formula is C20H26N6. The molecule has 0 saturated carbocycles. The summed E-state index contributed by atoms with van der Waals surface area (Å²) >= 11 is 0. The zero-order valence-electron chi connectivity index (χ0n) is 15.2. The van der Waals surface area contributed by atoms with Crippen molar-refractivity contribution in [3.63, 3.8) is 0 Å². The molecule has 2 aromatic rings. The maximum absolute atomic E-state index is 6.17. The number of nitrogens with two attached hydrogens (primary N) is 2. The topological polar surface area (TPSA) is 76.3 Å². The Morgan fingerprint density at radius 1 is 1.19 bits per heavy atom. The lowest BCUT2D eigenvalue weighted by molar-refractivity contribution is 0.506. The Kier molecular flexibility index (Phi) is 4.42. The van der Waals surface area contributed by atoms with E-state index < -0.39 is 0 Å². The second kappa shape index (κ2) is 6.88. The lowest BCUT2D eigenvalue weighted by Gasteiger charge is -2.34. The maximum Gasteiger partial charge on any atom is 0.0800 e. The van der Waals surface area contributed by atoms with Gasteiger partial charge in [-0.05, 0) is 37.1 Å². The molecule has 2 aliphatic rings. The molecule has 136 valence electrons. The highest BCUT2D eigenvalue weighted by molar-refractivity contribution is 5.83. The van der Waals surface area contributed by atoms with Crippen LogP contribution in [-0.2, 0) is 7.05 Å². The molecule has 0 aliphatic carbocycles. The number of allylic oxidation sites excluding steroid dienone is 2. The van der Waals surface area contributed by atoms with Gasteiger partial charge in [0.2, 0.25) is 0 Å². The lowest BCUT2D eigenvalue weighted by Crippen LogP contribution is -2.42. The molecule has 1 saturated heterocycles. The van der Waals surface area contributed by atoms with E-state index in [0.717, 1.165) is 43.0 Å². The lowest BCUT2D eigenvalue weighted by atomic mass is 10.0. The predicted octanol–water partition coefficient (Wildman–Crippen LogP) is 2.05. The van der Waals surface area contributed by atoms with Gasteiger partial charge in [0.05, 0.1) is 18.4 Å². The van der Waals surface area contributed by atoms with E-state index in [0.29, 0.717) is 6.54 Å². The molecule has 0 bridgehead atoms. The Bertz CT molecular complexity index is 849. The van der Waals surface area contributed by atoms with Crippen LogP contribution in [0.15, 0.2) is 54.5 Å². The third-order valence-corrected chi connectivity index (χ3v) is 5.05. The first-order valence-electron chi connectivity index (χ1n) is 9.13. The number of hydrogen-bond donors (Lipinski definition) is 2. The van der Waals surface area contributed by atoms with Crippen molar-refractivity contribution in [3.05, 3.63) is 60.1 Å². The van der Waals surface area contributed by atoms with Crippen LogP contribution in [0.1, 0.15) is 18.4 Å². The van der Waals surface area contributed by atoms with E-state index >= 15 is 0 Å². The van der Waals surface area contributed by atoms with E-state index in [2.05, 4.69) is 45.2 Å². The predicted molar refractivity (Wildman–Crippen MR) is 107 cm³/mol. The van der Waals surface area contributed by atoms with Gasteiger partial charge in [0, 0.05) is 55.0 Å². The van der Waals surface area contributed by atoms with Gasteiger partial charge in [0.1, 0.15) is 0 Å². The highest BCUT2D eigenvalue weighted by Gasteiger charge is 2.21. The molecule has 0 amide bonds. The van der Waals surface area contributed by atoms with Crippen molar-refractivity contribution in [3.8, 4) is 0 Å². The summed E-state index contributed by atoms with van der Waals surface area (Å²) in [5.41, 5.74) is 17.7. The minimum atomic E-state index is 0.260. The van der Waals surface area contributed by atoms with Crippen molar-refractivity contribution in [2.75, 3.05) is 29.4 Å². The minimum Gasteiger partial charge on any atom is -0.401 e. The third-order valence-electron chi connectivity index (χ3n) is 5.05.